The van der Waals surface area contributed by atoms with Crippen LogP contribution in [-0.2, 0) is 0 Å². The van der Waals surface area contributed by atoms with Gasteiger partial charge in [0.1, 0.15) is 5.69 Å². The van der Waals surface area contributed by atoms with Crippen LogP contribution in [0.1, 0.15) is 23.8 Å². The van der Waals surface area contributed by atoms with E-state index < -0.39 is 6.10 Å². The van der Waals surface area contributed by atoms with Crippen LogP contribution in [0.25, 0.3) is 0 Å². The highest BCUT2D eigenvalue weighted by molar-refractivity contribution is 6.30. The van der Waals surface area contributed by atoms with Crippen LogP contribution < -0.4 is 0 Å². The third-order valence-electron chi connectivity index (χ3n) is 3.15. The predicted molar refractivity (Wildman–Crippen MR) is 64.9 cm³/mol. The molecule has 1 aromatic rings. The maximum atomic E-state index is 12.1. The third kappa shape index (κ3) is 2.76. The number of aliphatic hydroxyl groups excluding tert-OH is 1. The van der Waals surface area contributed by atoms with Crippen molar-refractivity contribution in [3.05, 3.63) is 29.0 Å². The quantitative estimate of drug-likeness (QED) is 0.828. The van der Waals surface area contributed by atoms with Crippen molar-refractivity contribution < 1.29 is 9.90 Å². The molecule has 0 aromatic carbocycles. The Morgan fingerprint density at radius 1 is 1.65 bits per heavy atom. The Balaban J connectivity index is 2.10. The lowest BCUT2D eigenvalue weighted by Gasteiger charge is -2.34. The molecule has 0 spiro atoms. The number of rotatable bonds is 1. The van der Waals surface area contributed by atoms with E-state index in [1.54, 1.807) is 17.0 Å². The molecule has 1 aliphatic heterocycles. The average molecular weight is 255 g/mol. The summed E-state index contributed by atoms with van der Waals surface area (Å²) in [7, 11) is 0. The molecule has 2 heterocycles. The van der Waals surface area contributed by atoms with Gasteiger partial charge >= 0.3 is 0 Å². The van der Waals surface area contributed by atoms with Gasteiger partial charge in [-0.2, -0.15) is 0 Å². The first-order valence-electron chi connectivity index (χ1n) is 5.67. The number of aromatic nitrogens is 1. The number of halogens is 1. The van der Waals surface area contributed by atoms with E-state index in [0.29, 0.717) is 23.8 Å². The number of pyridine rings is 1. The number of amides is 1. The predicted octanol–water partition coefficient (Wildman–Crippen LogP) is 1.58. The maximum absolute atomic E-state index is 12.1. The largest absolute Gasteiger partial charge is 0.391 e. The molecule has 0 radical (unpaired) electrons. The zero-order chi connectivity index (χ0) is 12.4. The van der Waals surface area contributed by atoms with Crippen molar-refractivity contribution in [1.29, 1.82) is 0 Å². The fourth-order valence-electron chi connectivity index (χ4n) is 1.92. The monoisotopic (exact) mass is 254 g/mol. The Morgan fingerprint density at radius 2 is 2.41 bits per heavy atom. The molecular weight excluding hydrogens is 240 g/mol. The lowest BCUT2D eigenvalue weighted by Crippen LogP contribution is -2.46. The maximum Gasteiger partial charge on any atom is 0.272 e. The summed E-state index contributed by atoms with van der Waals surface area (Å²) in [5, 5.41) is 10.3. The van der Waals surface area contributed by atoms with E-state index in [-0.39, 0.29) is 11.8 Å². The highest BCUT2D eigenvalue weighted by Crippen LogP contribution is 2.19. The van der Waals surface area contributed by atoms with E-state index >= 15 is 0 Å². The molecule has 2 atom stereocenters. The van der Waals surface area contributed by atoms with Gasteiger partial charge in [0.2, 0.25) is 0 Å². The summed E-state index contributed by atoms with van der Waals surface area (Å²) in [6, 6.07) is 3.18. The molecule has 0 bridgehead atoms. The number of aliphatic hydroxyl groups is 1. The van der Waals surface area contributed by atoms with Crippen LogP contribution in [0.2, 0.25) is 5.02 Å². The topological polar surface area (TPSA) is 53.4 Å². The Labute approximate surface area is 105 Å². The molecule has 1 N–H and O–H groups in total. The number of carbonyl (C=O) groups excluding carboxylic acids is 1. The first kappa shape index (κ1) is 12.3. The second-order valence-corrected chi connectivity index (χ2v) is 4.88. The highest BCUT2D eigenvalue weighted by Gasteiger charge is 2.28. The van der Waals surface area contributed by atoms with Gasteiger partial charge in [0.05, 0.1) is 6.10 Å². The number of nitrogens with zero attached hydrogens (tertiary/aromatic N) is 2. The first-order chi connectivity index (χ1) is 8.08. The van der Waals surface area contributed by atoms with Gasteiger partial charge < -0.3 is 10.0 Å². The van der Waals surface area contributed by atoms with Crippen LogP contribution in [0, 0.1) is 5.92 Å². The lowest BCUT2D eigenvalue weighted by molar-refractivity contribution is 0.0245. The lowest BCUT2D eigenvalue weighted by atomic mass is 9.96. The second kappa shape index (κ2) is 5.02. The van der Waals surface area contributed by atoms with Gasteiger partial charge in [-0.25, -0.2) is 0 Å². The van der Waals surface area contributed by atoms with E-state index in [4.69, 9.17) is 11.6 Å². The molecule has 4 nitrogen and oxygen atoms in total. The molecule has 1 saturated heterocycles. The average Bonchev–Trinajstić information content (AvgIpc) is 2.32. The van der Waals surface area contributed by atoms with Gasteiger partial charge in [-0.05, 0) is 24.5 Å². The number of β-amino-alcohol motifs (C(OH)–C–C–N with tert-alkyl or cyclic N) is 1. The SMILES string of the molecule is CC1CCN(C(=O)c2cc(Cl)ccn2)CC1O. The number of hydrogen-bond acceptors (Lipinski definition) is 3. The number of piperidine rings is 1. The van der Waals surface area contributed by atoms with Crippen molar-refractivity contribution in [2.24, 2.45) is 5.92 Å². The zero-order valence-electron chi connectivity index (χ0n) is 9.64. The van der Waals surface area contributed by atoms with Gasteiger partial charge in [-0.1, -0.05) is 18.5 Å². The van der Waals surface area contributed by atoms with Crippen LogP contribution >= 0.6 is 11.6 Å². The van der Waals surface area contributed by atoms with E-state index in [1.807, 2.05) is 6.92 Å². The van der Waals surface area contributed by atoms with Crippen molar-refractivity contribution >= 4 is 17.5 Å². The number of likely N-dealkylation sites (tertiary alicyclic amines) is 1. The van der Waals surface area contributed by atoms with Crippen LogP contribution in [0.3, 0.4) is 0 Å². The normalized spacial score (nSPS) is 24.8. The smallest absolute Gasteiger partial charge is 0.272 e. The molecule has 2 unspecified atom stereocenters. The van der Waals surface area contributed by atoms with Crippen molar-refractivity contribution in [2.75, 3.05) is 13.1 Å². The fraction of sp³-hybridized carbons (Fsp3) is 0.500. The molecule has 1 amide bonds. The van der Waals surface area contributed by atoms with Crippen LogP contribution in [0.5, 0.6) is 0 Å². The third-order valence-corrected chi connectivity index (χ3v) is 3.38. The second-order valence-electron chi connectivity index (χ2n) is 4.44. The molecule has 0 aliphatic carbocycles. The molecule has 17 heavy (non-hydrogen) atoms. The van der Waals surface area contributed by atoms with Crippen molar-refractivity contribution in [2.45, 2.75) is 19.4 Å². The summed E-state index contributed by atoms with van der Waals surface area (Å²) in [5.41, 5.74) is 0.333. The molecule has 5 heteroatoms. The summed E-state index contributed by atoms with van der Waals surface area (Å²) in [4.78, 5) is 17.7. The summed E-state index contributed by atoms with van der Waals surface area (Å²) in [6.07, 6.45) is 1.87. The summed E-state index contributed by atoms with van der Waals surface area (Å²) < 4.78 is 0. The zero-order valence-corrected chi connectivity index (χ0v) is 10.4. The van der Waals surface area contributed by atoms with Crippen molar-refractivity contribution in [1.82, 2.24) is 9.88 Å². The molecule has 1 aromatic heterocycles. The minimum atomic E-state index is -0.452. The first-order valence-corrected chi connectivity index (χ1v) is 6.04. The molecule has 92 valence electrons. The van der Waals surface area contributed by atoms with Gasteiger partial charge in [0.15, 0.2) is 0 Å². The van der Waals surface area contributed by atoms with E-state index in [0.717, 1.165) is 6.42 Å². The molecular formula is C12H15ClN2O2. The van der Waals surface area contributed by atoms with E-state index in [2.05, 4.69) is 4.98 Å². The van der Waals surface area contributed by atoms with Crippen molar-refractivity contribution in [3.8, 4) is 0 Å². The van der Waals surface area contributed by atoms with E-state index in [1.165, 1.54) is 6.20 Å². The molecule has 2 rings (SSSR count). The van der Waals surface area contributed by atoms with Gasteiger partial charge in [-0.15, -0.1) is 0 Å². The Hall–Kier alpha value is -1.13. The standard InChI is InChI=1S/C12H15ClN2O2/c1-8-3-5-15(7-11(8)16)12(17)10-6-9(13)2-4-14-10/h2,4,6,8,11,16H,3,5,7H2,1H3. The van der Waals surface area contributed by atoms with Gasteiger partial charge in [0, 0.05) is 24.3 Å². The fourth-order valence-corrected chi connectivity index (χ4v) is 2.08. The Bertz CT molecular complexity index is 425. The molecule has 0 saturated carbocycles. The highest BCUT2D eigenvalue weighted by atomic mass is 35.5. The summed E-state index contributed by atoms with van der Waals surface area (Å²) in [5.74, 6) is 0.0739. The molecule has 1 aliphatic rings. The summed E-state index contributed by atoms with van der Waals surface area (Å²) >= 11 is 5.82. The minimum absolute atomic E-state index is 0.168. The Morgan fingerprint density at radius 3 is 3.06 bits per heavy atom. The Kier molecular flexibility index (Phi) is 3.64. The molecule has 1 fully saturated rings. The minimum Gasteiger partial charge on any atom is -0.391 e. The van der Waals surface area contributed by atoms with Crippen LogP contribution in [0.15, 0.2) is 18.3 Å². The van der Waals surface area contributed by atoms with E-state index in [9.17, 15) is 9.90 Å². The van der Waals surface area contributed by atoms with Gasteiger partial charge in [-0.3, -0.25) is 9.78 Å². The summed E-state index contributed by atoms with van der Waals surface area (Å²) in [6.45, 7) is 3.02. The number of hydrogen-bond donors (Lipinski definition) is 1. The van der Waals surface area contributed by atoms with Crippen LogP contribution in [0.4, 0.5) is 0 Å². The van der Waals surface area contributed by atoms with Crippen LogP contribution in [-0.4, -0.2) is 40.1 Å². The van der Waals surface area contributed by atoms with Crippen molar-refractivity contribution in [3.63, 3.8) is 0 Å². The van der Waals surface area contributed by atoms with Gasteiger partial charge in [0.25, 0.3) is 5.91 Å². The number of carbonyl (C=O) groups is 1.